The molecule has 0 rings (SSSR count). The summed E-state index contributed by atoms with van der Waals surface area (Å²) in [6.45, 7) is 4.34. The molecule has 83 heavy (non-hydrogen) atoms. The van der Waals surface area contributed by atoms with Crippen molar-refractivity contribution < 1.29 is 42.1 Å². The molecular formula is C73H146NO8P. The van der Waals surface area contributed by atoms with Crippen molar-refractivity contribution in [2.45, 2.75) is 412 Å². The lowest BCUT2D eigenvalue weighted by Gasteiger charge is -2.28. The van der Waals surface area contributed by atoms with Crippen LogP contribution in [0.15, 0.2) is 0 Å². The minimum absolute atomic E-state index is 0.0248. The van der Waals surface area contributed by atoms with E-state index >= 15 is 0 Å². The van der Waals surface area contributed by atoms with E-state index in [-0.39, 0.29) is 32.0 Å². The van der Waals surface area contributed by atoms with Gasteiger partial charge in [0.25, 0.3) is 7.82 Å². The van der Waals surface area contributed by atoms with Crippen LogP contribution in [0.25, 0.3) is 0 Å². The number of ether oxygens (including phenoxy) is 2. The van der Waals surface area contributed by atoms with Gasteiger partial charge in [0.2, 0.25) is 0 Å². The highest BCUT2D eigenvalue weighted by Gasteiger charge is 2.22. The van der Waals surface area contributed by atoms with Crippen LogP contribution in [0.4, 0.5) is 0 Å². The van der Waals surface area contributed by atoms with Crippen molar-refractivity contribution in [3.8, 4) is 0 Å². The third kappa shape index (κ3) is 70.0. The van der Waals surface area contributed by atoms with E-state index in [4.69, 9.17) is 18.5 Å². The highest BCUT2D eigenvalue weighted by atomic mass is 31.2. The molecule has 0 aromatic rings. The number of esters is 2. The molecule has 9 nitrogen and oxygen atoms in total. The van der Waals surface area contributed by atoms with E-state index in [1.807, 2.05) is 21.1 Å². The molecule has 0 aliphatic heterocycles. The quantitative estimate of drug-likeness (QED) is 0.0256. The van der Waals surface area contributed by atoms with Gasteiger partial charge in [-0.3, -0.25) is 14.2 Å². The maximum absolute atomic E-state index is 12.9. The van der Waals surface area contributed by atoms with Crippen LogP contribution in [0.3, 0.4) is 0 Å². The number of rotatable bonds is 71. The predicted octanol–water partition coefficient (Wildman–Crippen LogP) is 23.5. The Kier molecular flexibility index (Phi) is 64.7. The fourth-order valence-electron chi connectivity index (χ4n) is 11.7. The molecule has 0 amide bonds. The Morgan fingerprint density at radius 1 is 0.325 bits per heavy atom. The van der Waals surface area contributed by atoms with Crippen LogP contribution in [0.5, 0.6) is 0 Å². The summed E-state index contributed by atoms with van der Waals surface area (Å²) in [7, 11) is 1.20. The molecule has 0 bridgehead atoms. The van der Waals surface area contributed by atoms with Gasteiger partial charge in [-0.25, -0.2) is 0 Å². The van der Waals surface area contributed by atoms with Gasteiger partial charge in [0.1, 0.15) is 19.8 Å². The summed E-state index contributed by atoms with van der Waals surface area (Å²) in [6.07, 6.45) is 79.3. The maximum Gasteiger partial charge on any atom is 0.306 e. The summed E-state index contributed by atoms with van der Waals surface area (Å²) in [6, 6.07) is 0. The van der Waals surface area contributed by atoms with E-state index < -0.39 is 26.5 Å². The Bertz CT molecular complexity index is 1360. The van der Waals surface area contributed by atoms with Crippen molar-refractivity contribution in [3.63, 3.8) is 0 Å². The average Bonchev–Trinajstić information content (AvgIpc) is 3.49. The molecule has 0 aromatic heterocycles. The van der Waals surface area contributed by atoms with Crippen LogP contribution < -0.4 is 4.89 Å². The number of unbranched alkanes of at least 4 members (excludes halogenated alkanes) is 57. The van der Waals surface area contributed by atoms with E-state index in [1.165, 1.54) is 340 Å². The molecule has 0 saturated carbocycles. The fraction of sp³-hybridized carbons (Fsp3) is 0.973. The van der Waals surface area contributed by atoms with Gasteiger partial charge in [-0.2, -0.15) is 0 Å². The van der Waals surface area contributed by atoms with Gasteiger partial charge >= 0.3 is 11.9 Å². The molecule has 0 fully saturated rings. The second-order valence-corrected chi connectivity index (χ2v) is 28.4. The Labute approximate surface area is 518 Å². The fourth-order valence-corrected chi connectivity index (χ4v) is 12.4. The molecule has 0 saturated heterocycles. The topological polar surface area (TPSA) is 111 Å². The Morgan fingerprint density at radius 3 is 0.771 bits per heavy atom. The summed E-state index contributed by atoms with van der Waals surface area (Å²) in [5, 5.41) is 0. The van der Waals surface area contributed by atoms with Crippen LogP contribution in [-0.4, -0.2) is 70.0 Å². The molecule has 2 unspecified atom stereocenters. The van der Waals surface area contributed by atoms with E-state index in [2.05, 4.69) is 13.8 Å². The summed E-state index contributed by atoms with van der Waals surface area (Å²) in [5.41, 5.74) is 0. The molecule has 0 spiro atoms. The highest BCUT2D eigenvalue weighted by molar-refractivity contribution is 7.45. The van der Waals surface area contributed by atoms with E-state index in [0.29, 0.717) is 17.4 Å². The Hall–Kier alpha value is -0.990. The number of phosphoric acid groups is 1. The SMILES string of the molecule is CCCCCCCCCCCCCCCCCCCCCCCCCCCCCCCCCCCCCCCCC(=O)OC(COC(=O)CCCCCCCCCCCCCCCCCCCCCCC)COP(=O)([O-])OCC[N+](C)(C)C. The van der Waals surface area contributed by atoms with Gasteiger partial charge in [-0.1, -0.05) is 380 Å². The molecule has 0 N–H and O–H groups in total. The Morgan fingerprint density at radius 2 is 0.542 bits per heavy atom. The first kappa shape index (κ1) is 82.0. The lowest BCUT2D eigenvalue weighted by Crippen LogP contribution is -2.37. The molecule has 2 atom stereocenters. The molecule has 0 aliphatic rings. The van der Waals surface area contributed by atoms with Gasteiger partial charge in [-0.05, 0) is 12.8 Å². The van der Waals surface area contributed by atoms with Gasteiger partial charge < -0.3 is 27.9 Å². The minimum atomic E-state index is -4.63. The molecule has 10 heteroatoms. The normalized spacial score (nSPS) is 13.0. The van der Waals surface area contributed by atoms with Crippen LogP contribution in [0.2, 0.25) is 0 Å². The second kappa shape index (κ2) is 65.5. The van der Waals surface area contributed by atoms with Crippen molar-refractivity contribution >= 4 is 19.8 Å². The van der Waals surface area contributed by atoms with Crippen molar-refractivity contribution in [1.82, 2.24) is 0 Å². The van der Waals surface area contributed by atoms with Crippen LogP contribution >= 0.6 is 7.82 Å². The van der Waals surface area contributed by atoms with Crippen molar-refractivity contribution in [3.05, 3.63) is 0 Å². The summed E-state index contributed by atoms with van der Waals surface area (Å²) >= 11 is 0. The summed E-state index contributed by atoms with van der Waals surface area (Å²) in [4.78, 5) is 38.0. The number of hydrogen-bond donors (Lipinski definition) is 0. The number of hydrogen-bond acceptors (Lipinski definition) is 8. The van der Waals surface area contributed by atoms with Crippen molar-refractivity contribution in [1.29, 1.82) is 0 Å². The molecule has 0 aromatic carbocycles. The number of nitrogens with zero attached hydrogens (tertiary/aromatic N) is 1. The molecular weight excluding hydrogens is 1050 g/mol. The summed E-state index contributed by atoms with van der Waals surface area (Å²) in [5.74, 6) is -0.803. The smallest absolute Gasteiger partial charge is 0.306 e. The van der Waals surface area contributed by atoms with Crippen LogP contribution in [-0.2, 0) is 32.7 Å². The third-order valence-corrected chi connectivity index (χ3v) is 18.3. The van der Waals surface area contributed by atoms with Gasteiger partial charge in [0.15, 0.2) is 6.10 Å². The molecule has 496 valence electrons. The number of phosphoric ester groups is 1. The van der Waals surface area contributed by atoms with E-state index in [1.54, 1.807) is 0 Å². The monoisotopic (exact) mass is 1200 g/mol. The van der Waals surface area contributed by atoms with E-state index in [9.17, 15) is 19.0 Å². The average molecular weight is 1200 g/mol. The summed E-state index contributed by atoms with van der Waals surface area (Å²) < 4.78 is 34.3. The van der Waals surface area contributed by atoms with Crippen molar-refractivity contribution in [2.24, 2.45) is 0 Å². The maximum atomic E-state index is 12.9. The van der Waals surface area contributed by atoms with Gasteiger partial charge in [0, 0.05) is 12.8 Å². The first-order valence-electron chi connectivity index (χ1n) is 37.2. The second-order valence-electron chi connectivity index (χ2n) is 27.0. The zero-order valence-electron chi connectivity index (χ0n) is 56.7. The van der Waals surface area contributed by atoms with Crippen molar-refractivity contribution in [2.75, 3.05) is 47.5 Å². The van der Waals surface area contributed by atoms with Crippen LogP contribution in [0.1, 0.15) is 406 Å². The van der Waals surface area contributed by atoms with Crippen LogP contribution in [0, 0.1) is 0 Å². The molecule has 0 radical (unpaired) electrons. The number of likely N-dealkylation sites (N-methyl/N-ethyl adjacent to an activating group) is 1. The lowest BCUT2D eigenvalue weighted by atomic mass is 10.0. The zero-order valence-corrected chi connectivity index (χ0v) is 57.6. The molecule has 0 aliphatic carbocycles. The third-order valence-electron chi connectivity index (χ3n) is 17.4. The van der Waals surface area contributed by atoms with Gasteiger partial charge in [-0.15, -0.1) is 0 Å². The number of carbonyl (C=O) groups is 2. The number of quaternary nitrogens is 1. The lowest BCUT2D eigenvalue weighted by molar-refractivity contribution is -0.870. The minimum Gasteiger partial charge on any atom is -0.756 e. The van der Waals surface area contributed by atoms with E-state index in [0.717, 1.165) is 32.1 Å². The Balaban J connectivity index is 3.87. The number of carbonyl (C=O) groups excluding carboxylic acids is 2. The highest BCUT2D eigenvalue weighted by Crippen LogP contribution is 2.38. The van der Waals surface area contributed by atoms with Gasteiger partial charge in [0.05, 0.1) is 27.7 Å². The molecule has 0 heterocycles. The first-order valence-corrected chi connectivity index (χ1v) is 38.7. The first-order chi connectivity index (χ1) is 40.5. The zero-order chi connectivity index (χ0) is 60.5. The largest absolute Gasteiger partial charge is 0.756 e. The predicted molar refractivity (Wildman–Crippen MR) is 356 cm³/mol. The standard InChI is InChI=1S/C73H146NO8P/c1-6-8-10-12-14-16-18-20-22-24-26-28-29-30-31-32-33-34-35-36-37-38-39-40-41-42-43-44-46-48-50-52-54-56-58-60-62-64-66-73(76)82-71(70-81-83(77,78)80-68-67-74(3,4)5)69-79-72(75)65-63-61-59-57-55-53-51-49-47-45-27-25-23-21-19-17-15-13-11-9-7-2/h71H,6-70H2,1-5H3.